The van der Waals surface area contributed by atoms with E-state index in [0.717, 1.165) is 11.3 Å². The molecule has 2 aromatic carbocycles. The zero-order chi connectivity index (χ0) is 17.8. The Balaban J connectivity index is 1.73. The predicted octanol–water partition coefficient (Wildman–Crippen LogP) is 2.92. The van der Waals surface area contributed by atoms with Crippen LogP contribution in [0.25, 0.3) is 0 Å². The number of rotatable bonds is 2. The van der Waals surface area contributed by atoms with E-state index in [0.29, 0.717) is 35.3 Å². The van der Waals surface area contributed by atoms with Crippen molar-refractivity contribution in [2.75, 3.05) is 16.8 Å². The molecule has 130 valence electrons. The molecule has 0 bridgehead atoms. The van der Waals surface area contributed by atoms with Crippen LogP contribution in [-0.2, 0) is 13.1 Å². The summed E-state index contributed by atoms with van der Waals surface area (Å²) in [6, 6.07) is 15.1. The Morgan fingerprint density at radius 3 is 2.58 bits per heavy atom. The minimum Gasteiger partial charge on any atom is -0.345 e. The molecule has 5 rings (SSSR count). The van der Waals surface area contributed by atoms with Crippen LogP contribution in [0.5, 0.6) is 0 Å². The maximum Gasteiger partial charge on any atom is 0.333 e. The summed E-state index contributed by atoms with van der Waals surface area (Å²) < 4.78 is 2.95. The molecule has 2 aliphatic heterocycles. The number of halogens is 1. The molecule has 0 atom stereocenters. The molecule has 6 nitrogen and oxygen atoms in total. The Bertz CT molecular complexity index is 1150. The van der Waals surface area contributed by atoms with E-state index in [1.165, 1.54) is 4.57 Å². The number of para-hydroxylation sites is 1. The molecule has 26 heavy (non-hydrogen) atoms. The van der Waals surface area contributed by atoms with Gasteiger partial charge in [0.05, 0.1) is 22.9 Å². The highest BCUT2D eigenvalue weighted by Crippen LogP contribution is 2.46. The fourth-order valence-corrected chi connectivity index (χ4v) is 3.93. The molecule has 0 amide bonds. The second kappa shape index (κ2) is 5.51. The van der Waals surface area contributed by atoms with Gasteiger partial charge in [0.25, 0.3) is 5.56 Å². The standard InChI is InChI=1S/C19H15ClN4O2/c20-13-7-4-8-14-15(13)21-16-17-22(14)9-10-23(17)19(26)24(18(16)25)11-12-5-2-1-3-6-12/h1-8,21H,9-11H2. The number of benzene rings is 2. The van der Waals surface area contributed by atoms with Crippen molar-refractivity contribution in [2.45, 2.75) is 13.1 Å². The Morgan fingerprint density at radius 1 is 0.962 bits per heavy atom. The van der Waals surface area contributed by atoms with Gasteiger partial charge in [-0.2, -0.15) is 0 Å². The van der Waals surface area contributed by atoms with Gasteiger partial charge in [-0.3, -0.25) is 13.9 Å². The molecule has 1 N–H and O–H groups in total. The lowest BCUT2D eigenvalue weighted by Gasteiger charge is -2.30. The lowest BCUT2D eigenvalue weighted by Crippen LogP contribution is -2.41. The number of anilines is 4. The molecule has 0 saturated carbocycles. The van der Waals surface area contributed by atoms with Gasteiger partial charge in [-0.05, 0) is 17.7 Å². The number of nitrogens with zero attached hydrogens (tertiary/aromatic N) is 3. The van der Waals surface area contributed by atoms with E-state index < -0.39 is 0 Å². The van der Waals surface area contributed by atoms with E-state index in [4.69, 9.17) is 11.6 Å². The molecule has 0 radical (unpaired) electrons. The fourth-order valence-electron chi connectivity index (χ4n) is 3.71. The zero-order valence-electron chi connectivity index (χ0n) is 13.8. The molecule has 0 aliphatic carbocycles. The Kier molecular flexibility index (Phi) is 3.24. The van der Waals surface area contributed by atoms with Crippen molar-refractivity contribution in [3.8, 4) is 0 Å². The van der Waals surface area contributed by atoms with E-state index in [1.807, 2.05) is 47.4 Å². The summed E-state index contributed by atoms with van der Waals surface area (Å²) in [7, 11) is 0. The molecule has 1 aromatic heterocycles. The zero-order valence-corrected chi connectivity index (χ0v) is 14.5. The first kappa shape index (κ1) is 15.3. The normalized spacial score (nSPS) is 14.0. The van der Waals surface area contributed by atoms with Gasteiger partial charge in [0, 0.05) is 13.1 Å². The van der Waals surface area contributed by atoms with E-state index in [9.17, 15) is 9.59 Å². The first-order chi connectivity index (χ1) is 12.6. The van der Waals surface area contributed by atoms with Crippen molar-refractivity contribution >= 4 is 34.5 Å². The summed E-state index contributed by atoms with van der Waals surface area (Å²) >= 11 is 6.33. The number of nitrogens with one attached hydrogen (secondary N) is 1. The van der Waals surface area contributed by atoms with Crippen LogP contribution >= 0.6 is 11.6 Å². The Labute approximate surface area is 153 Å². The SMILES string of the molecule is O=c1c2c3n(c(=O)n1Cc1ccccc1)CCN3c1cccc(Cl)c1N2. The van der Waals surface area contributed by atoms with E-state index in [1.54, 1.807) is 10.6 Å². The molecule has 0 saturated heterocycles. The van der Waals surface area contributed by atoms with Gasteiger partial charge in [-0.25, -0.2) is 4.79 Å². The summed E-state index contributed by atoms with van der Waals surface area (Å²) in [6.45, 7) is 1.40. The van der Waals surface area contributed by atoms with Crippen LogP contribution in [0.4, 0.5) is 22.9 Å². The van der Waals surface area contributed by atoms with Gasteiger partial charge in [0.2, 0.25) is 0 Å². The molecule has 3 aromatic rings. The Hall–Kier alpha value is -2.99. The largest absolute Gasteiger partial charge is 0.345 e. The van der Waals surface area contributed by atoms with Gasteiger partial charge in [0.1, 0.15) is 11.5 Å². The number of hydrogen-bond acceptors (Lipinski definition) is 4. The average molecular weight is 367 g/mol. The molecular formula is C19H15ClN4O2. The van der Waals surface area contributed by atoms with Crippen molar-refractivity contribution in [1.29, 1.82) is 0 Å². The highest BCUT2D eigenvalue weighted by atomic mass is 35.5. The molecular weight excluding hydrogens is 352 g/mol. The second-order valence-electron chi connectivity index (χ2n) is 6.42. The predicted molar refractivity (Wildman–Crippen MR) is 102 cm³/mol. The molecule has 0 fully saturated rings. The minimum atomic E-state index is -0.331. The van der Waals surface area contributed by atoms with Crippen LogP contribution in [0, 0.1) is 0 Å². The summed E-state index contributed by atoms with van der Waals surface area (Å²) in [4.78, 5) is 28.0. The third-order valence-electron chi connectivity index (χ3n) is 4.92. The van der Waals surface area contributed by atoms with Crippen LogP contribution < -0.4 is 21.5 Å². The minimum absolute atomic E-state index is 0.239. The van der Waals surface area contributed by atoms with E-state index >= 15 is 0 Å². The highest BCUT2D eigenvalue weighted by Gasteiger charge is 2.34. The quantitative estimate of drug-likeness (QED) is 0.757. The van der Waals surface area contributed by atoms with Crippen LogP contribution in [0.3, 0.4) is 0 Å². The monoisotopic (exact) mass is 366 g/mol. The smallest absolute Gasteiger partial charge is 0.333 e. The fraction of sp³-hybridized carbons (Fsp3) is 0.158. The molecule has 0 unspecified atom stereocenters. The van der Waals surface area contributed by atoms with Crippen molar-refractivity contribution in [3.05, 3.63) is 80.0 Å². The summed E-state index contributed by atoms with van der Waals surface area (Å²) in [5.74, 6) is 0.624. The summed E-state index contributed by atoms with van der Waals surface area (Å²) in [5.41, 5.74) is 2.28. The van der Waals surface area contributed by atoms with Gasteiger partial charge in [-0.1, -0.05) is 48.0 Å². The van der Waals surface area contributed by atoms with Crippen LogP contribution in [0.1, 0.15) is 5.56 Å². The van der Waals surface area contributed by atoms with Gasteiger partial charge in [0.15, 0.2) is 0 Å². The van der Waals surface area contributed by atoms with Crippen molar-refractivity contribution in [3.63, 3.8) is 0 Å². The lowest BCUT2D eigenvalue weighted by molar-refractivity contribution is 0.626. The van der Waals surface area contributed by atoms with Crippen LogP contribution in [0.15, 0.2) is 58.1 Å². The maximum atomic E-state index is 13.1. The molecule has 7 heteroatoms. The van der Waals surface area contributed by atoms with Gasteiger partial charge < -0.3 is 10.2 Å². The van der Waals surface area contributed by atoms with Gasteiger partial charge >= 0.3 is 5.69 Å². The Morgan fingerprint density at radius 2 is 1.77 bits per heavy atom. The first-order valence-corrected chi connectivity index (χ1v) is 8.77. The third kappa shape index (κ3) is 2.05. The van der Waals surface area contributed by atoms with E-state index in [2.05, 4.69) is 5.32 Å². The lowest BCUT2D eigenvalue weighted by atomic mass is 10.2. The average Bonchev–Trinajstić information content (AvgIpc) is 3.10. The second-order valence-corrected chi connectivity index (χ2v) is 6.83. The van der Waals surface area contributed by atoms with Gasteiger partial charge in [-0.15, -0.1) is 0 Å². The number of hydrogen-bond donors (Lipinski definition) is 1. The van der Waals surface area contributed by atoms with Crippen LogP contribution in [-0.4, -0.2) is 15.7 Å². The third-order valence-corrected chi connectivity index (χ3v) is 5.23. The summed E-state index contributed by atoms with van der Waals surface area (Å²) in [6.07, 6.45) is 0. The van der Waals surface area contributed by atoms with Crippen molar-refractivity contribution < 1.29 is 0 Å². The maximum absolute atomic E-state index is 13.1. The molecule has 3 heterocycles. The first-order valence-electron chi connectivity index (χ1n) is 8.40. The molecule has 2 aliphatic rings. The molecule has 0 spiro atoms. The summed E-state index contributed by atoms with van der Waals surface area (Å²) in [5, 5.41) is 3.72. The highest BCUT2D eigenvalue weighted by molar-refractivity contribution is 6.34. The van der Waals surface area contributed by atoms with Crippen LogP contribution in [0.2, 0.25) is 5.02 Å². The van der Waals surface area contributed by atoms with Crippen molar-refractivity contribution in [2.24, 2.45) is 0 Å². The van der Waals surface area contributed by atoms with E-state index in [-0.39, 0.29) is 17.8 Å². The van der Waals surface area contributed by atoms with Crippen molar-refractivity contribution in [1.82, 2.24) is 9.13 Å². The number of fused-ring (bicyclic) bond motifs is 2. The number of aromatic nitrogens is 2. The topological polar surface area (TPSA) is 59.3 Å².